The van der Waals surface area contributed by atoms with Gasteiger partial charge in [-0.2, -0.15) is 11.8 Å². The van der Waals surface area contributed by atoms with Crippen molar-refractivity contribution in [2.75, 3.05) is 23.0 Å². The van der Waals surface area contributed by atoms with Crippen LogP contribution in [0.25, 0.3) is 0 Å². The lowest BCUT2D eigenvalue weighted by atomic mass is 10.1. The van der Waals surface area contributed by atoms with Crippen LogP contribution in [0.15, 0.2) is 0 Å². The Bertz CT molecular complexity index is 249. The quantitative estimate of drug-likeness (QED) is 0.246. The molecule has 0 radical (unpaired) electrons. The third kappa shape index (κ3) is 9.90. The molecule has 0 amide bonds. The minimum Gasteiger partial charge on any atom is -0.162 e. The summed E-state index contributed by atoms with van der Waals surface area (Å²) in [6.07, 6.45) is 16.1. The molecule has 2 rings (SSSR count). The SMILES string of the molecule is C(CCSCCCCCC1CCSS1)CCC1CCCSS1. The zero-order valence-corrected chi connectivity index (χ0v) is 17.9. The molecule has 0 nitrogen and oxygen atoms in total. The lowest BCUT2D eigenvalue weighted by molar-refractivity contribution is 0.617. The molecule has 0 spiro atoms. The van der Waals surface area contributed by atoms with Gasteiger partial charge in [0, 0.05) is 22.0 Å². The van der Waals surface area contributed by atoms with Crippen LogP contribution in [0.4, 0.5) is 0 Å². The molecular formula is C17H32S5. The molecule has 2 unspecified atom stereocenters. The van der Waals surface area contributed by atoms with Crippen LogP contribution in [0.1, 0.15) is 70.6 Å². The Morgan fingerprint density at radius 2 is 1.32 bits per heavy atom. The molecule has 0 saturated carbocycles. The normalized spacial score (nSPS) is 25.6. The Balaban J connectivity index is 1.26. The second-order valence-electron chi connectivity index (χ2n) is 6.32. The van der Waals surface area contributed by atoms with Gasteiger partial charge in [0.1, 0.15) is 0 Å². The fourth-order valence-corrected chi connectivity index (χ4v) is 9.87. The highest BCUT2D eigenvalue weighted by molar-refractivity contribution is 8.77. The Morgan fingerprint density at radius 3 is 1.91 bits per heavy atom. The first kappa shape index (κ1) is 20.1. The van der Waals surface area contributed by atoms with Crippen molar-refractivity contribution in [3.8, 4) is 0 Å². The smallest absolute Gasteiger partial charge is 0.0159 e. The van der Waals surface area contributed by atoms with Crippen LogP contribution in [-0.2, 0) is 0 Å². The fraction of sp³-hybridized carbons (Fsp3) is 1.00. The summed E-state index contributed by atoms with van der Waals surface area (Å²) in [5.74, 6) is 5.59. The van der Waals surface area contributed by atoms with E-state index in [1.165, 1.54) is 93.6 Å². The highest BCUT2D eigenvalue weighted by atomic mass is 33.1. The van der Waals surface area contributed by atoms with Crippen molar-refractivity contribution in [2.45, 2.75) is 81.1 Å². The highest BCUT2D eigenvalue weighted by Crippen LogP contribution is 2.40. The van der Waals surface area contributed by atoms with Gasteiger partial charge in [-0.25, -0.2) is 0 Å². The zero-order valence-electron chi connectivity index (χ0n) is 13.8. The number of rotatable bonds is 12. The average molecular weight is 397 g/mol. The van der Waals surface area contributed by atoms with Crippen LogP contribution >= 0.6 is 54.9 Å². The van der Waals surface area contributed by atoms with Crippen molar-refractivity contribution in [3.05, 3.63) is 0 Å². The van der Waals surface area contributed by atoms with Gasteiger partial charge >= 0.3 is 0 Å². The average Bonchev–Trinajstić information content (AvgIpc) is 3.07. The summed E-state index contributed by atoms with van der Waals surface area (Å²) in [6.45, 7) is 0. The molecule has 2 saturated heterocycles. The molecule has 0 aromatic carbocycles. The number of hydrogen-bond donors (Lipinski definition) is 0. The standard InChI is InChI=1S/C17H32S5/c1(3-8-16-10-7-14-19-21-16)5-12-18-13-6-2-4-9-17-11-15-20-22-17/h16-17H,1-15H2. The number of thioether (sulfide) groups is 1. The van der Waals surface area contributed by atoms with Gasteiger partial charge in [-0.05, 0) is 56.5 Å². The van der Waals surface area contributed by atoms with Gasteiger partial charge in [0.15, 0.2) is 0 Å². The van der Waals surface area contributed by atoms with Gasteiger partial charge < -0.3 is 0 Å². The van der Waals surface area contributed by atoms with E-state index in [2.05, 4.69) is 54.9 Å². The molecule has 2 atom stereocenters. The van der Waals surface area contributed by atoms with Crippen molar-refractivity contribution in [3.63, 3.8) is 0 Å². The number of unbranched alkanes of at least 4 members (excludes halogenated alkanes) is 4. The lowest BCUT2D eigenvalue weighted by Gasteiger charge is -2.19. The van der Waals surface area contributed by atoms with Crippen LogP contribution in [0.2, 0.25) is 0 Å². The van der Waals surface area contributed by atoms with Gasteiger partial charge in [0.05, 0.1) is 0 Å². The highest BCUT2D eigenvalue weighted by Gasteiger charge is 2.15. The molecule has 2 aliphatic rings. The van der Waals surface area contributed by atoms with Crippen molar-refractivity contribution < 1.29 is 0 Å². The van der Waals surface area contributed by atoms with Crippen molar-refractivity contribution >= 4 is 54.9 Å². The van der Waals surface area contributed by atoms with E-state index >= 15 is 0 Å². The van der Waals surface area contributed by atoms with E-state index in [1.54, 1.807) is 0 Å². The van der Waals surface area contributed by atoms with Gasteiger partial charge in [-0.3, -0.25) is 0 Å². The van der Waals surface area contributed by atoms with Crippen molar-refractivity contribution in [1.82, 2.24) is 0 Å². The second-order valence-corrected chi connectivity index (χ2v) is 13.1. The molecule has 0 aromatic heterocycles. The first-order valence-electron chi connectivity index (χ1n) is 9.09. The van der Waals surface area contributed by atoms with Crippen LogP contribution in [0, 0.1) is 0 Å². The molecular weight excluding hydrogens is 365 g/mol. The minimum atomic E-state index is 0.975. The Hall–Kier alpha value is 1.75. The Kier molecular flexibility index (Phi) is 12.7. The minimum absolute atomic E-state index is 0.975. The van der Waals surface area contributed by atoms with Crippen LogP contribution in [-0.4, -0.2) is 33.5 Å². The van der Waals surface area contributed by atoms with Crippen molar-refractivity contribution in [2.24, 2.45) is 0 Å². The topological polar surface area (TPSA) is 0 Å². The molecule has 22 heavy (non-hydrogen) atoms. The van der Waals surface area contributed by atoms with E-state index in [0.717, 1.165) is 10.5 Å². The van der Waals surface area contributed by atoms with E-state index < -0.39 is 0 Å². The molecule has 0 bridgehead atoms. The van der Waals surface area contributed by atoms with E-state index in [4.69, 9.17) is 0 Å². The maximum absolute atomic E-state index is 2.20. The van der Waals surface area contributed by atoms with Crippen molar-refractivity contribution in [1.29, 1.82) is 0 Å². The molecule has 2 heterocycles. The zero-order chi connectivity index (χ0) is 15.3. The summed E-state index contributed by atoms with van der Waals surface area (Å²) in [7, 11) is 8.49. The summed E-state index contributed by atoms with van der Waals surface area (Å²) in [5, 5.41) is 1.96. The monoisotopic (exact) mass is 396 g/mol. The van der Waals surface area contributed by atoms with Gasteiger partial charge in [-0.15, -0.1) is 0 Å². The predicted molar refractivity (Wildman–Crippen MR) is 116 cm³/mol. The van der Waals surface area contributed by atoms with E-state index in [1.807, 2.05) is 0 Å². The van der Waals surface area contributed by atoms with Crippen LogP contribution < -0.4 is 0 Å². The summed E-state index contributed by atoms with van der Waals surface area (Å²) in [5.41, 5.74) is 0. The second kappa shape index (κ2) is 14.0. The molecule has 0 aromatic rings. The molecule has 130 valence electrons. The molecule has 2 aliphatic heterocycles. The summed E-state index contributed by atoms with van der Waals surface area (Å²) >= 11 is 2.20. The summed E-state index contributed by atoms with van der Waals surface area (Å²) < 4.78 is 0. The van der Waals surface area contributed by atoms with E-state index in [-0.39, 0.29) is 0 Å². The Labute approximate surface area is 158 Å². The summed E-state index contributed by atoms with van der Waals surface area (Å²) in [4.78, 5) is 0. The molecule has 0 N–H and O–H groups in total. The fourth-order valence-electron chi connectivity index (χ4n) is 2.93. The van der Waals surface area contributed by atoms with Crippen LogP contribution in [0.3, 0.4) is 0 Å². The Morgan fingerprint density at radius 1 is 0.682 bits per heavy atom. The summed E-state index contributed by atoms with van der Waals surface area (Å²) in [6, 6.07) is 0. The molecule has 0 aliphatic carbocycles. The maximum atomic E-state index is 2.20. The maximum Gasteiger partial charge on any atom is 0.0159 e. The van der Waals surface area contributed by atoms with Gasteiger partial charge in [-0.1, -0.05) is 68.9 Å². The first-order chi connectivity index (χ1) is 10.9. The third-order valence-corrected chi connectivity index (χ3v) is 11.5. The van der Waals surface area contributed by atoms with E-state index in [9.17, 15) is 0 Å². The first-order valence-corrected chi connectivity index (χ1v) is 15.0. The van der Waals surface area contributed by atoms with Gasteiger partial charge in [0.25, 0.3) is 0 Å². The number of hydrogen-bond acceptors (Lipinski definition) is 5. The largest absolute Gasteiger partial charge is 0.162 e. The molecule has 5 heteroatoms. The predicted octanol–water partition coefficient (Wildman–Crippen LogP) is 7.54. The van der Waals surface area contributed by atoms with Gasteiger partial charge in [0.2, 0.25) is 0 Å². The third-order valence-electron chi connectivity index (χ3n) is 4.31. The molecule has 2 fully saturated rings. The van der Waals surface area contributed by atoms with E-state index in [0.29, 0.717) is 0 Å². The van der Waals surface area contributed by atoms with Crippen LogP contribution in [0.5, 0.6) is 0 Å². The lowest BCUT2D eigenvalue weighted by Crippen LogP contribution is -2.06.